The van der Waals surface area contributed by atoms with Gasteiger partial charge in [-0.25, -0.2) is 0 Å². The Morgan fingerprint density at radius 3 is 2.81 bits per heavy atom. The van der Waals surface area contributed by atoms with Gasteiger partial charge in [-0.1, -0.05) is 6.07 Å². The van der Waals surface area contributed by atoms with Crippen LogP contribution in [-0.2, 0) is 9.59 Å². The van der Waals surface area contributed by atoms with E-state index < -0.39 is 0 Å². The van der Waals surface area contributed by atoms with Gasteiger partial charge in [0.1, 0.15) is 5.75 Å². The Hall–Kier alpha value is -2.08. The zero-order valence-electron chi connectivity index (χ0n) is 12.1. The molecule has 1 aromatic rings. The van der Waals surface area contributed by atoms with Crippen molar-refractivity contribution in [2.24, 2.45) is 0 Å². The molecular formula is C15H21N3O3. The summed E-state index contributed by atoms with van der Waals surface area (Å²) in [7, 11) is 1.55. The minimum Gasteiger partial charge on any atom is -0.484 e. The highest BCUT2D eigenvalue weighted by molar-refractivity contribution is 5.91. The second-order valence-corrected chi connectivity index (χ2v) is 5.02. The van der Waals surface area contributed by atoms with Crippen molar-refractivity contribution in [2.45, 2.75) is 25.3 Å². The molecule has 6 nitrogen and oxygen atoms in total. The molecule has 0 bridgehead atoms. The molecule has 0 radical (unpaired) electrons. The van der Waals surface area contributed by atoms with Gasteiger partial charge in [0.2, 0.25) is 5.91 Å². The van der Waals surface area contributed by atoms with Gasteiger partial charge in [-0.15, -0.1) is 0 Å². The lowest BCUT2D eigenvalue weighted by Crippen LogP contribution is -2.25. The van der Waals surface area contributed by atoms with Crippen LogP contribution in [0, 0.1) is 0 Å². The highest BCUT2D eigenvalue weighted by Gasteiger charge is 2.20. The van der Waals surface area contributed by atoms with E-state index in [9.17, 15) is 9.59 Å². The molecule has 1 aliphatic carbocycles. The molecule has 0 saturated heterocycles. The van der Waals surface area contributed by atoms with Crippen LogP contribution in [0.1, 0.15) is 19.3 Å². The van der Waals surface area contributed by atoms with Crippen LogP contribution in [0.5, 0.6) is 5.75 Å². The predicted octanol–water partition coefficient (Wildman–Crippen LogP) is 0.892. The average molecular weight is 291 g/mol. The topological polar surface area (TPSA) is 79.5 Å². The summed E-state index contributed by atoms with van der Waals surface area (Å²) in [4.78, 5) is 22.9. The lowest BCUT2D eigenvalue weighted by Gasteiger charge is -2.09. The van der Waals surface area contributed by atoms with Gasteiger partial charge < -0.3 is 20.7 Å². The Bertz CT molecular complexity index is 501. The number of anilines is 1. The SMILES string of the molecule is CNC(=O)COc1cccc(NC(=O)CCNC2CC2)c1. The summed E-state index contributed by atoms with van der Waals surface area (Å²) in [6.07, 6.45) is 2.87. The number of carbonyl (C=O) groups excluding carboxylic acids is 2. The number of hydrogen-bond acceptors (Lipinski definition) is 4. The minimum absolute atomic E-state index is 0.0356. The zero-order valence-corrected chi connectivity index (χ0v) is 12.1. The van der Waals surface area contributed by atoms with Crippen LogP contribution in [0.4, 0.5) is 5.69 Å². The third kappa shape index (κ3) is 5.83. The van der Waals surface area contributed by atoms with Gasteiger partial charge >= 0.3 is 0 Å². The molecule has 0 aromatic heterocycles. The minimum atomic E-state index is -0.199. The van der Waals surface area contributed by atoms with Crippen LogP contribution in [0.2, 0.25) is 0 Å². The third-order valence-electron chi connectivity index (χ3n) is 3.13. The summed E-state index contributed by atoms with van der Waals surface area (Å²) in [6, 6.07) is 7.62. The molecule has 114 valence electrons. The Balaban J connectivity index is 1.76. The first kappa shape index (κ1) is 15.3. The average Bonchev–Trinajstić information content (AvgIpc) is 3.29. The number of ether oxygens (including phenoxy) is 1. The maximum Gasteiger partial charge on any atom is 0.257 e. The fourth-order valence-corrected chi connectivity index (χ4v) is 1.79. The zero-order chi connectivity index (χ0) is 15.1. The Morgan fingerprint density at radius 2 is 2.10 bits per heavy atom. The van der Waals surface area contributed by atoms with E-state index in [0.29, 0.717) is 30.4 Å². The molecule has 0 spiro atoms. The molecule has 1 fully saturated rings. The molecule has 21 heavy (non-hydrogen) atoms. The highest BCUT2D eigenvalue weighted by Crippen LogP contribution is 2.19. The van der Waals surface area contributed by atoms with Crippen LogP contribution in [0.15, 0.2) is 24.3 Å². The standard InChI is InChI=1S/C15H21N3O3/c1-16-15(20)10-21-13-4-2-3-12(9-13)18-14(19)7-8-17-11-5-6-11/h2-4,9,11,17H,5-8,10H2,1H3,(H,16,20)(H,18,19). The number of rotatable bonds is 8. The summed E-state index contributed by atoms with van der Waals surface area (Å²) in [5, 5.41) is 8.59. The van der Waals surface area contributed by atoms with Crippen LogP contribution < -0.4 is 20.7 Å². The van der Waals surface area contributed by atoms with Crippen LogP contribution in [0.3, 0.4) is 0 Å². The summed E-state index contributed by atoms with van der Waals surface area (Å²) < 4.78 is 5.33. The fraction of sp³-hybridized carbons (Fsp3) is 0.467. The molecule has 1 aromatic carbocycles. The van der Waals surface area contributed by atoms with E-state index in [4.69, 9.17) is 4.74 Å². The van der Waals surface area contributed by atoms with Crippen LogP contribution in [0.25, 0.3) is 0 Å². The van der Waals surface area contributed by atoms with E-state index in [2.05, 4.69) is 16.0 Å². The Labute approximate surface area is 124 Å². The van der Waals surface area contributed by atoms with Gasteiger partial charge in [-0.2, -0.15) is 0 Å². The molecule has 2 amide bonds. The number of benzene rings is 1. The summed E-state index contributed by atoms with van der Waals surface area (Å²) in [6.45, 7) is 0.655. The van der Waals surface area contributed by atoms with Crippen LogP contribution in [-0.4, -0.2) is 38.1 Å². The summed E-state index contributed by atoms with van der Waals surface area (Å²) >= 11 is 0. The molecule has 0 heterocycles. The van der Waals surface area contributed by atoms with E-state index >= 15 is 0 Å². The van der Waals surface area contributed by atoms with Gasteiger partial charge in [0.15, 0.2) is 6.61 Å². The van der Waals surface area contributed by atoms with E-state index in [-0.39, 0.29) is 18.4 Å². The number of carbonyl (C=O) groups is 2. The lowest BCUT2D eigenvalue weighted by atomic mass is 10.3. The van der Waals surface area contributed by atoms with Crippen molar-refractivity contribution in [1.82, 2.24) is 10.6 Å². The molecule has 1 saturated carbocycles. The maximum atomic E-state index is 11.8. The molecule has 0 atom stereocenters. The smallest absolute Gasteiger partial charge is 0.257 e. The predicted molar refractivity (Wildman–Crippen MR) is 80.3 cm³/mol. The monoisotopic (exact) mass is 291 g/mol. The molecular weight excluding hydrogens is 270 g/mol. The van der Waals surface area contributed by atoms with Crippen molar-refractivity contribution >= 4 is 17.5 Å². The van der Waals surface area contributed by atoms with Gasteiger partial charge in [0.25, 0.3) is 5.91 Å². The second-order valence-electron chi connectivity index (χ2n) is 5.02. The number of amides is 2. The molecule has 3 N–H and O–H groups in total. The first-order chi connectivity index (χ1) is 10.2. The van der Waals surface area contributed by atoms with E-state index in [1.54, 1.807) is 31.3 Å². The van der Waals surface area contributed by atoms with E-state index in [1.807, 2.05) is 0 Å². The molecule has 1 aliphatic rings. The Morgan fingerprint density at radius 1 is 1.29 bits per heavy atom. The van der Waals surface area contributed by atoms with Gasteiger partial charge in [-0.3, -0.25) is 9.59 Å². The van der Waals surface area contributed by atoms with E-state index in [0.717, 1.165) is 0 Å². The number of likely N-dealkylation sites (N-methyl/N-ethyl adjacent to an activating group) is 1. The normalized spacial score (nSPS) is 13.6. The molecule has 2 rings (SSSR count). The van der Waals surface area contributed by atoms with Gasteiger partial charge in [0.05, 0.1) is 0 Å². The number of hydrogen-bond donors (Lipinski definition) is 3. The maximum absolute atomic E-state index is 11.8. The van der Waals surface area contributed by atoms with Crippen molar-refractivity contribution in [3.63, 3.8) is 0 Å². The van der Waals surface area contributed by atoms with Crippen LogP contribution >= 0.6 is 0 Å². The molecule has 0 unspecified atom stereocenters. The quantitative estimate of drug-likeness (QED) is 0.664. The van der Waals surface area contributed by atoms with E-state index in [1.165, 1.54) is 12.8 Å². The highest BCUT2D eigenvalue weighted by atomic mass is 16.5. The van der Waals surface area contributed by atoms with Gasteiger partial charge in [-0.05, 0) is 25.0 Å². The fourth-order valence-electron chi connectivity index (χ4n) is 1.79. The molecule has 6 heteroatoms. The van der Waals surface area contributed by atoms with Crippen molar-refractivity contribution < 1.29 is 14.3 Å². The summed E-state index contributed by atoms with van der Waals surface area (Å²) in [5.74, 6) is 0.315. The lowest BCUT2D eigenvalue weighted by molar-refractivity contribution is -0.122. The van der Waals surface area contributed by atoms with Gasteiger partial charge in [0, 0.05) is 37.8 Å². The van der Waals surface area contributed by atoms with Crippen molar-refractivity contribution in [3.8, 4) is 5.75 Å². The second kappa shape index (κ2) is 7.64. The summed E-state index contributed by atoms with van der Waals surface area (Å²) in [5.41, 5.74) is 0.667. The first-order valence-corrected chi connectivity index (χ1v) is 7.14. The van der Waals surface area contributed by atoms with Crippen molar-refractivity contribution in [3.05, 3.63) is 24.3 Å². The first-order valence-electron chi connectivity index (χ1n) is 7.14. The molecule has 0 aliphatic heterocycles. The Kier molecular flexibility index (Phi) is 5.57. The van der Waals surface area contributed by atoms with Crippen molar-refractivity contribution in [1.29, 1.82) is 0 Å². The number of nitrogens with one attached hydrogen (secondary N) is 3. The largest absolute Gasteiger partial charge is 0.484 e. The van der Waals surface area contributed by atoms with Crippen molar-refractivity contribution in [2.75, 3.05) is 25.5 Å². The third-order valence-corrected chi connectivity index (χ3v) is 3.13.